The van der Waals surface area contributed by atoms with Gasteiger partial charge in [-0.05, 0) is 52.2 Å². The van der Waals surface area contributed by atoms with Gasteiger partial charge in [-0.15, -0.1) is 0 Å². The molecular formula is C15H21BClNO2. The summed E-state index contributed by atoms with van der Waals surface area (Å²) in [6, 6.07) is 5.86. The molecule has 5 heteroatoms. The Bertz CT molecular complexity index is 539. The molecule has 1 aliphatic carbocycles. The molecule has 1 heterocycles. The quantitative estimate of drug-likeness (QED) is 0.853. The summed E-state index contributed by atoms with van der Waals surface area (Å²) >= 11 is 6.41. The van der Waals surface area contributed by atoms with E-state index < -0.39 is 7.12 Å². The molecule has 3 rings (SSSR count). The zero-order valence-electron chi connectivity index (χ0n) is 12.5. The molecule has 1 aromatic carbocycles. The Balaban J connectivity index is 2.04. The first kappa shape index (κ1) is 14.4. The van der Waals surface area contributed by atoms with Gasteiger partial charge < -0.3 is 15.0 Å². The van der Waals surface area contributed by atoms with Gasteiger partial charge in [-0.2, -0.15) is 0 Å². The Morgan fingerprint density at radius 1 is 1.10 bits per heavy atom. The Morgan fingerprint density at radius 2 is 1.65 bits per heavy atom. The third kappa shape index (κ3) is 2.10. The molecular weight excluding hydrogens is 272 g/mol. The molecule has 20 heavy (non-hydrogen) atoms. The van der Waals surface area contributed by atoms with E-state index in [0.29, 0.717) is 5.02 Å². The molecule has 0 bridgehead atoms. The molecule has 1 aromatic rings. The van der Waals surface area contributed by atoms with Gasteiger partial charge in [0.15, 0.2) is 0 Å². The van der Waals surface area contributed by atoms with Gasteiger partial charge in [-0.3, -0.25) is 0 Å². The number of hydrogen-bond acceptors (Lipinski definition) is 3. The lowest BCUT2D eigenvalue weighted by Crippen LogP contribution is -2.41. The van der Waals surface area contributed by atoms with Gasteiger partial charge in [0.1, 0.15) is 0 Å². The molecule has 108 valence electrons. The molecule has 0 unspecified atom stereocenters. The van der Waals surface area contributed by atoms with Crippen LogP contribution in [0.1, 0.15) is 46.1 Å². The molecule has 0 spiro atoms. The first-order valence-electron chi connectivity index (χ1n) is 7.10. The lowest BCUT2D eigenvalue weighted by atomic mass is 9.73. The second kappa shape index (κ2) is 4.23. The molecule has 0 atom stereocenters. The van der Waals surface area contributed by atoms with Crippen molar-refractivity contribution >= 4 is 24.2 Å². The van der Waals surface area contributed by atoms with E-state index in [2.05, 4.69) is 0 Å². The maximum absolute atomic E-state index is 6.41. The zero-order valence-corrected chi connectivity index (χ0v) is 13.3. The van der Waals surface area contributed by atoms with Crippen molar-refractivity contribution in [1.82, 2.24) is 0 Å². The van der Waals surface area contributed by atoms with Gasteiger partial charge in [0.2, 0.25) is 0 Å². The van der Waals surface area contributed by atoms with Crippen LogP contribution in [0.2, 0.25) is 5.02 Å². The highest BCUT2D eigenvalue weighted by atomic mass is 35.5. The summed E-state index contributed by atoms with van der Waals surface area (Å²) in [6.45, 7) is 8.16. The minimum Gasteiger partial charge on any atom is -0.399 e. The summed E-state index contributed by atoms with van der Waals surface area (Å²) in [5, 5.41) is 0.665. The lowest BCUT2D eigenvalue weighted by Gasteiger charge is -2.32. The van der Waals surface area contributed by atoms with Crippen LogP contribution in [-0.2, 0) is 14.8 Å². The van der Waals surface area contributed by atoms with Crippen LogP contribution in [0.5, 0.6) is 0 Å². The van der Waals surface area contributed by atoms with E-state index in [4.69, 9.17) is 26.6 Å². The van der Waals surface area contributed by atoms with E-state index in [0.717, 1.165) is 23.9 Å². The van der Waals surface area contributed by atoms with Crippen LogP contribution in [0.15, 0.2) is 18.2 Å². The van der Waals surface area contributed by atoms with Crippen molar-refractivity contribution < 1.29 is 9.31 Å². The number of nitrogens with two attached hydrogens (primary N) is 1. The smallest absolute Gasteiger partial charge is 0.399 e. The fourth-order valence-corrected chi connectivity index (χ4v) is 2.84. The van der Waals surface area contributed by atoms with Gasteiger partial charge in [-0.25, -0.2) is 0 Å². The zero-order chi connectivity index (χ0) is 14.8. The van der Waals surface area contributed by atoms with Crippen molar-refractivity contribution in [2.75, 3.05) is 0 Å². The van der Waals surface area contributed by atoms with Crippen molar-refractivity contribution in [1.29, 1.82) is 0 Å². The monoisotopic (exact) mass is 293 g/mol. The van der Waals surface area contributed by atoms with Gasteiger partial charge >= 0.3 is 7.12 Å². The van der Waals surface area contributed by atoms with E-state index >= 15 is 0 Å². The normalized spacial score (nSPS) is 25.8. The molecule has 2 aliphatic rings. The Kier molecular flexibility index (Phi) is 3.05. The van der Waals surface area contributed by atoms with E-state index in [-0.39, 0.29) is 16.7 Å². The summed E-state index contributed by atoms with van der Waals surface area (Å²) < 4.78 is 12.3. The van der Waals surface area contributed by atoms with Crippen molar-refractivity contribution in [3.05, 3.63) is 28.8 Å². The SMILES string of the molecule is CC1(C)OB(c2c(Cl)cccc2C2(N)CC2)OC1(C)C. The molecule has 3 nitrogen and oxygen atoms in total. The maximum atomic E-state index is 6.41. The molecule has 1 aliphatic heterocycles. The van der Waals surface area contributed by atoms with Gasteiger partial charge in [0.05, 0.1) is 11.2 Å². The highest BCUT2D eigenvalue weighted by Gasteiger charge is 2.54. The van der Waals surface area contributed by atoms with E-state index in [1.54, 1.807) is 0 Å². The van der Waals surface area contributed by atoms with Crippen LogP contribution in [0, 0.1) is 0 Å². The third-order valence-corrected chi connectivity index (χ3v) is 5.20. The van der Waals surface area contributed by atoms with Crippen LogP contribution in [0.3, 0.4) is 0 Å². The lowest BCUT2D eigenvalue weighted by molar-refractivity contribution is 0.00578. The number of halogens is 1. The first-order chi connectivity index (χ1) is 9.16. The molecule has 1 saturated heterocycles. The summed E-state index contributed by atoms with van der Waals surface area (Å²) in [7, 11) is -0.454. The Hall–Kier alpha value is -0.545. The molecule has 2 N–H and O–H groups in total. The van der Waals surface area contributed by atoms with Crippen molar-refractivity contribution in [3.8, 4) is 0 Å². The highest BCUT2D eigenvalue weighted by Crippen LogP contribution is 2.44. The van der Waals surface area contributed by atoms with Crippen LogP contribution < -0.4 is 11.2 Å². The van der Waals surface area contributed by atoms with E-state index in [1.807, 2.05) is 45.9 Å². The fraction of sp³-hybridized carbons (Fsp3) is 0.600. The van der Waals surface area contributed by atoms with Crippen LogP contribution >= 0.6 is 11.6 Å². The average molecular weight is 294 g/mol. The van der Waals surface area contributed by atoms with Crippen molar-refractivity contribution in [2.45, 2.75) is 57.3 Å². The standard InChI is InChI=1S/C15H21BClNO2/c1-13(2)14(3,4)20-16(19-13)12-10(15(18)8-9-15)6-5-7-11(12)17/h5-7H,8-9,18H2,1-4H3. The second-order valence-corrected chi connectivity index (χ2v) is 7.35. The highest BCUT2D eigenvalue weighted by molar-refractivity contribution is 6.66. The number of rotatable bonds is 2. The minimum atomic E-state index is -0.454. The van der Waals surface area contributed by atoms with Gasteiger partial charge in [0, 0.05) is 16.0 Å². The van der Waals surface area contributed by atoms with Gasteiger partial charge in [0.25, 0.3) is 0 Å². The van der Waals surface area contributed by atoms with Crippen LogP contribution in [0.25, 0.3) is 0 Å². The number of hydrogen-bond donors (Lipinski definition) is 1. The summed E-state index contributed by atoms with van der Waals surface area (Å²) in [4.78, 5) is 0. The molecule has 2 fully saturated rings. The van der Waals surface area contributed by atoms with Gasteiger partial charge in [-0.1, -0.05) is 23.7 Å². The van der Waals surface area contributed by atoms with Crippen molar-refractivity contribution in [2.24, 2.45) is 5.73 Å². The van der Waals surface area contributed by atoms with Crippen LogP contribution in [0.4, 0.5) is 0 Å². The molecule has 0 radical (unpaired) electrons. The van der Waals surface area contributed by atoms with E-state index in [1.165, 1.54) is 0 Å². The third-order valence-electron chi connectivity index (χ3n) is 4.87. The van der Waals surface area contributed by atoms with Crippen LogP contribution in [-0.4, -0.2) is 18.3 Å². The predicted molar refractivity (Wildman–Crippen MR) is 82.3 cm³/mol. The first-order valence-corrected chi connectivity index (χ1v) is 7.48. The largest absolute Gasteiger partial charge is 0.496 e. The van der Waals surface area contributed by atoms with E-state index in [9.17, 15) is 0 Å². The minimum absolute atomic E-state index is 0.260. The summed E-state index contributed by atoms with van der Waals surface area (Å²) in [5.41, 5.74) is 7.31. The Labute approximate surface area is 125 Å². The van der Waals surface area contributed by atoms with Crippen molar-refractivity contribution in [3.63, 3.8) is 0 Å². The topological polar surface area (TPSA) is 44.5 Å². The predicted octanol–water partition coefficient (Wildman–Crippen LogP) is 2.59. The maximum Gasteiger partial charge on any atom is 0.496 e. The average Bonchev–Trinajstić information content (AvgIpc) is 3.01. The number of benzene rings is 1. The summed E-state index contributed by atoms with van der Waals surface area (Å²) in [5.74, 6) is 0. The molecule has 0 amide bonds. The summed E-state index contributed by atoms with van der Waals surface area (Å²) in [6.07, 6.45) is 1.97. The Morgan fingerprint density at radius 3 is 2.15 bits per heavy atom. The molecule has 1 saturated carbocycles. The molecule has 0 aromatic heterocycles. The second-order valence-electron chi connectivity index (χ2n) is 6.95. The fourth-order valence-electron chi connectivity index (χ4n) is 2.58.